The lowest BCUT2D eigenvalue weighted by molar-refractivity contribution is 0.302. The Morgan fingerprint density at radius 2 is 2.11 bits per heavy atom. The Hall–Kier alpha value is -2.20. The number of nitrogen functional groups attached to an aromatic ring is 1. The first-order valence-corrected chi connectivity index (χ1v) is 6.20. The third-order valence-electron chi connectivity index (χ3n) is 2.71. The summed E-state index contributed by atoms with van der Waals surface area (Å²) in [6.45, 7) is 0.392. The van der Waals surface area contributed by atoms with E-state index < -0.39 is 0 Å². The first-order valence-electron chi connectivity index (χ1n) is 5.82. The fourth-order valence-corrected chi connectivity index (χ4v) is 2.02. The van der Waals surface area contributed by atoms with Crippen LogP contribution in [0.3, 0.4) is 0 Å². The third-order valence-corrected chi connectivity index (χ3v) is 2.93. The average Bonchev–Trinajstić information content (AvgIpc) is 2.78. The monoisotopic (exact) mass is 273 g/mol. The fourth-order valence-electron chi connectivity index (χ4n) is 1.85. The minimum atomic E-state index is 0.392. The number of anilines is 1. The summed E-state index contributed by atoms with van der Waals surface area (Å²) >= 11 is 5.92. The normalized spacial score (nSPS) is 10.8. The predicted octanol–water partition coefficient (Wildman–Crippen LogP) is 3.15. The minimum Gasteiger partial charge on any atom is -0.487 e. The number of nitrogens with two attached hydrogens (primary N) is 1. The molecule has 0 saturated carbocycles. The van der Waals surface area contributed by atoms with Crippen molar-refractivity contribution in [2.45, 2.75) is 6.61 Å². The second-order valence-corrected chi connectivity index (χ2v) is 4.64. The molecular formula is C14H12ClN3O. The largest absolute Gasteiger partial charge is 0.487 e. The van der Waals surface area contributed by atoms with Gasteiger partial charge in [-0.25, -0.2) is 4.98 Å². The Bertz CT molecular complexity index is 724. The molecule has 0 aliphatic heterocycles. The van der Waals surface area contributed by atoms with Crippen molar-refractivity contribution in [1.82, 2.24) is 9.38 Å². The van der Waals surface area contributed by atoms with Gasteiger partial charge in [-0.15, -0.1) is 0 Å². The molecule has 0 unspecified atom stereocenters. The molecule has 0 spiro atoms. The predicted molar refractivity (Wildman–Crippen MR) is 75.4 cm³/mol. The first kappa shape index (κ1) is 11.9. The molecule has 2 N–H and O–H groups in total. The van der Waals surface area contributed by atoms with Crippen LogP contribution in [0.5, 0.6) is 5.75 Å². The zero-order chi connectivity index (χ0) is 13.2. The van der Waals surface area contributed by atoms with Crippen molar-refractivity contribution in [3.05, 3.63) is 59.5 Å². The summed E-state index contributed by atoms with van der Waals surface area (Å²) in [7, 11) is 0. The lowest BCUT2D eigenvalue weighted by Gasteiger charge is -2.04. The van der Waals surface area contributed by atoms with Crippen LogP contribution < -0.4 is 10.5 Å². The Morgan fingerprint density at radius 1 is 1.21 bits per heavy atom. The Morgan fingerprint density at radius 3 is 2.95 bits per heavy atom. The van der Waals surface area contributed by atoms with Gasteiger partial charge in [0.25, 0.3) is 0 Å². The van der Waals surface area contributed by atoms with Crippen molar-refractivity contribution in [2.24, 2.45) is 0 Å². The number of imidazole rings is 1. The number of pyridine rings is 1. The maximum absolute atomic E-state index is 5.92. The quantitative estimate of drug-likeness (QED) is 0.746. The summed E-state index contributed by atoms with van der Waals surface area (Å²) in [6, 6.07) is 11.0. The molecule has 0 radical (unpaired) electrons. The molecule has 2 heterocycles. The molecular weight excluding hydrogens is 262 g/mol. The molecule has 0 aliphatic carbocycles. The SMILES string of the molecule is Nc1cccc(OCc2cn3cc(Cl)ccc3n2)c1. The van der Waals surface area contributed by atoms with Crippen LogP contribution in [-0.2, 0) is 6.61 Å². The van der Waals surface area contributed by atoms with Gasteiger partial charge in [-0.05, 0) is 24.3 Å². The number of nitrogens with zero attached hydrogens (tertiary/aromatic N) is 2. The zero-order valence-electron chi connectivity index (χ0n) is 10.1. The summed E-state index contributed by atoms with van der Waals surface area (Å²) in [5.41, 5.74) is 8.05. The highest BCUT2D eigenvalue weighted by atomic mass is 35.5. The molecule has 0 amide bonds. The lowest BCUT2D eigenvalue weighted by Crippen LogP contribution is -1.96. The maximum atomic E-state index is 5.92. The lowest BCUT2D eigenvalue weighted by atomic mass is 10.3. The van der Waals surface area contributed by atoms with E-state index in [9.17, 15) is 0 Å². The second kappa shape index (κ2) is 4.82. The number of hydrogen-bond donors (Lipinski definition) is 1. The van der Waals surface area contributed by atoms with Gasteiger partial charge < -0.3 is 14.9 Å². The number of halogens is 1. The molecule has 0 bridgehead atoms. The molecule has 0 fully saturated rings. The number of fused-ring (bicyclic) bond motifs is 1. The van der Waals surface area contributed by atoms with Crippen LogP contribution in [0.1, 0.15) is 5.69 Å². The van der Waals surface area contributed by atoms with Crippen molar-refractivity contribution < 1.29 is 4.74 Å². The molecule has 3 rings (SSSR count). The van der Waals surface area contributed by atoms with Gasteiger partial charge in [-0.2, -0.15) is 0 Å². The van der Waals surface area contributed by atoms with E-state index in [-0.39, 0.29) is 0 Å². The molecule has 96 valence electrons. The van der Waals surface area contributed by atoms with Crippen LogP contribution in [0, 0.1) is 0 Å². The summed E-state index contributed by atoms with van der Waals surface area (Å²) < 4.78 is 7.52. The Balaban J connectivity index is 1.78. The van der Waals surface area contributed by atoms with Crippen molar-refractivity contribution in [2.75, 3.05) is 5.73 Å². The van der Waals surface area contributed by atoms with Gasteiger partial charge in [0.05, 0.1) is 10.7 Å². The van der Waals surface area contributed by atoms with E-state index in [1.54, 1.807) is 6.07 Å². The number of ether oxygens (including phenoxy) is 1. The van der Waals surface area contributed by atoms with E-state index in [2.05, 4.69) is 4.98 Å². The molecule has 19 heavy (non-hydrogen) atoms. The highest BCUT2D eigenvalue weighted by molar-refractivity contribution is 6.30. The van der Waals surface area contributed by atoms with Crippen molar-refractivity contribution in [3.8, 4) is 5.75 Å². The standard InChI is InChI=1S/C14H12ClN3O/c15-10-4-5-14-17-12(8-18(14)7-10)9-19-13-3-1-2-11(16)6-13/h1-8H,9,16H2. The summed E-state index contributed by atoms with van der Waals surface area (Å²) in [6.07, 6.45) is 3.71. The number of aromatic nitrogens is 2. The van der Waals surface area contributed by atoms with E-state index in [1.807, 2.05) is 47.1 Å². The molecule has 5 heteroatoms. The fraction of sp³-hybridized carbons (Fsp3) is 0.0714. The van der Waals surface area contributed by atoms with Crippen molar-refractivity contribution in [3.63, 3.8) is 0 Å². The van der Waals surface area contributed by atoms with Gasteiger partial charge in [-0.1, -0.05) is 17.7 Å². The number of benzene rings is 1. The van der Waals surface area contributed by atoms with Gasteiger partial charge in [0.1, 0.15) is 18.0 Å². The van der Waals surface area contributed by atoms with Crippen molar-refractivity contribution >= 4 is 22.9 Å². The van der Waals surface area contributed by atoms with Gasteiger partial charge in [0.2, 0.25) is 0 Å². The van der Waals surface area contributed by atoms with Gasteiger partial charge in [0.15, 0.2) is 0 Å². The van der Waals surface area contributed by atoms with Crippen molar-refractivity contribution in [1.29, 1.82) is 0 Å². The Kier molecular flexibility index (Phi) is 3.01. The topological polar surface area (TPSA) is 52.5 Å². The van der Waals surface area contributed by atoms with Crippen LogP contribution >= 0.6 is 11.6 Å². The maximum Gasteiger partial charge on any atom is 0.137 e. The van der Waals surface area contributed by atoms with Gasteiger partial charge >= 0.3 is 0 Å². The first-order chi connectivity index (χ1) is 9.20. The molecule has 4 nitrogen and oxygen atoms in total. The Labute approximate surface area is 115 Å². The molecule has 0 saturated heterocycles. The highest BCUT2D eigenvalue weighted by Crippen LogP contribution is 2.17. The van der Waals surface area contributed by atoms with E-state index in [0.717, 1.165) is 17.1 Å². The van der Waals surface area contributed by atoms with E-state index >= 15 is 0 Å². The average molecular weight is 274 g/mol. The molecule has 0 aliphatic rings. The molecule has 3 aromatic rings. The minimum absolute atomic E-state index is 0.392. The van der Waals surface area contributed by atoms with E-state index in [4.69, 9.17) is 22.1 Å². The number of hydrogen-bond acceptors (Lipinski definition) is 3. The molecule has 0 atom stereocenters. The zero-order valence-corrected chi connectivity index (χ0v) is 10.8. The highest BCUT2D eigenvalue weighted by Gasteiger charge is 2.03. The van der Waals surface area contributed by atoms with Crippen LogP contribution in [-0.4, -0.2) is 9.38 Å². The number of rotatable bonds is 3. The third kappa shape index (κ3) is 2.63. The van der Waals surface area contributed by atoms with E-state index in [1.165, 1.54) is 0 Å². The van der Waals surface area contributed by atoms with Crippen LogP contribution in [0.15, 0.2) is 48.8 Å². The van der Waals surface area contributed by atoms with E-state index in [0.29, 0.717) is 17.3 Å². The summed E-state index contributed by atoms with van der Waals surface area (Å²) in [5, 5.41) is 0.674. The summed E-state index contributed by atoms with van der Waals surface area (Å²) in [5.74, 6) is 0.732. The van der Waals surface area contributed by atoms with Crippen LogP contribution in [0.25, 0.3) is 5.65 Å². The smallest absolute Gasteiger partial charge is 0.137 e. The molecule has 2 aromatic heterocycles. The second-order valence-electron chi connectivity index (χ2n) is 4.21. The molecule has 1 aromatic carbocycles. The van der Waals surface area contributed by atoms with Crippen LogP contribution in [0.2, 0.25) is 5.02 Å². The van der Waals surface area contributed by atoms with Crippen LogP contribution in [0.4, 0.5) is 5.69 Å². The van der Waals surface area contributed by atoms with Gasteiger partial charge in [0, 0.05) is 24.1 Å². The van der Waals surface area contributed by atoms with Gasteiger partial charge in [-0.3, -0.25) is 0 Å². The summed E-state index contributed by atoms with van der Waals surface area (Å²) in [4.78, 5) is 4.44.